The molecule has 110 valence electrons. The zero-order valence-electron chi connectivity index (χ0n) is 11.7. The van der Waals surface area contributed by atoms with Crippen LogP contribution < -0.4 is 5.73 Å². The van der Waals surface area contributed by atoms with E-state index in [1.165, 1.54) is 23.3 Å². The van der Waals surface area contributed by atoms with Gasteiger partial charge in [-0.2, -0.15) is 0 Å². The van der Waals surface area contributed by atoms with Crippen molar-refractivity contribution in [3.8, 4) is 0 Å². The van der Waals surface area contributed by atoms with Gasteiger partial charge >= 0.3 is 0 Å². The summed E-state index contributed by atoms with van der Waals surface area (Å²) in [6.45, 7) is 2.58. The van der Waals surface area contributed by atoms with Crippen LogP contribution in [0.15, 0.2) is 42.5 Å². The Kier molecular flexibility index (Phi) is 3.88. The standard InChI is InChI=1S/C17H18F2N2/c18-17(19)13-6-4-12(5-7-13)10-21-9-8-15-14(11-21)2-1-3-16(15)20/h1-7,17H,8-11,20H2. The van der Waals surface area contributed by atoms with Crippen molar-refractivity contribution in [1.29, 1.82) is 0 Å². The van der Waals surface area contributed by atoms with E-state index >= 15 is 0 Å². The van der Waals surface area contributed by atoms with Crippen LogP contribution in [0.1, 0.15) is 28.7 Å². The van der Waals surface area contributed by atoms with E-state index < -0.39 is 6.43 Å². The van der Waals surface area contributed by atoms with E-state index in [0.29, 0.717) is 0 Å². The normalized spacial score (nSPS) is 15.2. The lowest BCUT2D eigenvalue weighted by molar-refractivity contribution is 0.151. The molecule has 2 aromatic rings. The Morgan fingerprint density at radius 2 is 1.86 bits per heavy atom. The van der Waals surface area contributed by atoms with Crippen molar-refractivity contribution in [1.82, 2.24) is 4.90 Å². The number of anilines is 1. The van der Waals surface area contributed by atoms with Crippen LogP contribution in [0.2, 0.25) is 0 Å². The van der Waals surface area contributed by atoms with Gasteiger partial charge in [0, 0.05) is 30.9 Å². The molecule has 2 nitrogen and oxygen atoms in total. The summed E-state index contributed by atoms with van der Waals surface area (Å²) >= 11 is 0. The average molecular weight is 288 g/mol. The number of alkyl halides is 2. The summed E-state index contributed by atoms with van der Waals surface area (Å²) in [7, 11) is 0. The summed E-state index contributed by atoms with van der Waals surface area (Å²) in [5.74, 6) is 0. The number of nitrogens with zero attached hydrogens (tertiary/aromatic N) is 1. The number of halogens is 2. The molecule has 2 aromatic carbocycles. The Hall–Kier alpha value is -1.94. The number of nitrogens with two attached hydrogens (primary N) is 1. The van der Waals surface area contributed by atoms with Gasteiger partial charge in [0.05, 0.1) is 0 Å². The fraction of sp³-hybridized carbons (Fsp3) is 0.294. The van der Waals surface area contributed by atoms with Gasteiger partial charge in [-0.15, -0.1) is 0 Å². The molecule has 2 N–H and O–H groups in total. The largest absolute Gasteiger partial charge is 0.398 e. The summed E-state index contributed by atoms with van der Waals surface area (Å²) in [5, 5.41) is 0. The first-order valence-electron chi connectivity index (χ1n) is 7.09. The molecule has 0 atom stereocenters. The van der Waals surface area contributed by atoms with Crippen molar-refractivity contribution in [2.24, 2.45) is 0 Å². The predicted octanol–water partition coefficient (Wildman–Crippen LogP) is 3.76. The second-order valence-electron chi connectivity index (χ2n) is 5.49. The minimum atomic E-state index is -2.40. The number of nitrogen functional groups attached to an aromatic ring is 1. The lowest BCUT2D eigenvalue weighted by Gasteiger charge is -2.29. The molecule has 0 spiro atoms. The number of benzene rings is 2. The van der Waals surface area contributed by atoms with E-state index in [4.69, 9.17) is 5.73 Å². The summed E-state index contributed by atoms with van der Waals surface area (Å²) in [5.41, 5.74) is 10.5. The van der Waals surface area contributed by atoms with Crippen molar-refractivity contribution < 1.29 is 8.78 Å². The van der Waals surface area contributed by atoms with Crippen molar-refractivity contribution in [3.63, 3.8) is 0 Å². The molecule has 0 saturated heterocycles. The van der Waals surface area contributed by atoms with E-state index in [0.717, 1.165) is 37.3 Å². The molecule has 0 aliphatic carbocycles. The van der Waals surface area contributed by atoms with Gasteiger partial charge in [-0.05, 0) is 29.2 Å². The zero-order valence-corrected chi connectivity index (χ0v) is 11.7. The fourth-order valence-electron chi connectivity index (χ4n) is 2.86. The minimum Gasteiger partial charge on any atom is -0.398 e. The van der Waals surface area contributed by atoms with Gasteiger partial charge in [0.1, 0.15) is 0 Å². The molecule has 1 aliphatic heterocycles. The van der Waals surface area contributed by atoms with Crippen molar-refractivity contribution in [3.05, 3.63) is 64.7 Å². The third-order valence-electron chi connectivity index (χ3n) is 4.02. The molecule has 1 heterocycles. The number of hydrogen-bond donors (Lipinski definition) is 1. The van der Waals surface area contributed by atoms with Crippen molar-refractivity contribution in [2.45, 2.75) is 25.9 Å². The quantitative estimate of drug-likeness (QED) is 0.871. The summed E-state index contributed by atoms with van der Waals surface area (Å²) in [6.07, 6.45) is -1.46. The minimum absolute atomic E-state index is 0.0792. The van der Waals surface area contributed by atoms with E-state index in [1.807, 2.05) is 12.1 Å². The Balaban J connectivity index is 1.69. The SMILES string of the molecule is Nc1cccc2c1CCN(Cc1ccc(C(F)F)cc1)C2. The van der Waals surface area contributed by atoms with Gasteiger partial charge in [0.25, 0.3) is 6.43 Å². The molecule has 0 saturated carbocycles. The molecule has 0 fully saturated rings. The molecular weight excluding hydrogens is 270 g/mol. The Morgan fingerprint density at radius 3 is 2.57 bits per heavy atom. The Morgan fingerprint density at radius 1 is 1.10 bits per heavy atom. The van der Waals surface area contributed by atoms with Gasteiger partial charge in [0.2, 0.25) is 0 Å². The first-order chi connectivity index (χ1) is 10.1. The lowest BCUT2D eigenvalue weighted by atomic mass is 9.97. The van der Waals surface area contributed by atoms with Gasteiger partial charge in [-0.25, -0.2) is 8.78 Å². The average Bonchev–Trinajstić information content (AvgIpc) is 2.48. The highest BCUT2D eigenvalue weighted by Crippen LogP contribution is 2.25. The van der Waals surface area contributed by atoms with Crippen LogP contribution >= 0.6 is 0 Å². The van der Waals surface area contributed by atoms with E-state index in [1.54, 1.807) is 12.1 Å². The van der Waals surface area contributed by atoms with Gasteiger partial charge in [0.15, 0.2) is 0 Å². The maximum Gasteiger partial charge on any atom is 0.263 e. The molecular formula is C17H18F2N2. The van der Waals surface area contributed by atoms with Crippen LogP contribution in [-0.2, 0) is 19.5 Å². The molecule has 21 heavy (non-hydrogen) atoms. The fourth-order valence-corrected chi connectivity index (χ4v) is 2.86. The second-order valence-corrected chi connectivity index (χ2v) is 5.49. The lowest BCUT2D eigenvalue weighted by Crippen LogP contribution is -2.30. The highest BCUT2D eigenvalue weighted by atomic mass is 19.3. The van der Waals surface area contributed by atoms with Crippen molar-refractivity contribution >= 4 is 5.69 Å². The number of hydrogen-bond acceptors (Lipinski definition) is 2. The smallest absolute Gasteiger partial charge is 0.263 e. The van der Waals surface area contributed by atoms with Crippen LogP contribution in [0.25, 0.3) is 0 Å². The van der Waals surface area contributed by atoms with Crippen LogP contribution in [-0.4, -0.2) is 11.4 Å². The van der Waals surface area contributed by atoms with E-state index in [9.17, 15) is 8.78 Å². The third-order valence-corrected chi connectivity index (χ3v) is 4.02. The van der Waals surface area contributed by atoms with Crippen LogP contribution in [0.3, 0.4) is 0 Å². The maximum atomic E-state index is 12.5. The van der Waals surface area contributed by atoms with E-state index in [2.05, 4.69) is 11.0 Å². The van der Waals surface area contributed by atoms with Gasteiger partial charge in [-0.1, -0.05) is 36.4 Å². The maximum absolute atomic E-state index is 12.5. The first kappa shape index (κ1) is 14.0. The Bertz CT molecular complexity index is 623. The highest BCUT2D eigenvalue weighted by molar-refractivity contribution is 5.51. The van der Waals surface area contributed by atoms with E-state index in [-0.39, 0.29) is 5.56 Å². The third kappa shape index (κ3) is 3.05. The predicted molar refractivity (Wildman–Crippen MR) is 80.1 cm³/mol. The van der Waals surface area contributed by atoms with Crippen molar-refractivity contribution in [2.75, 3.05) is 12.3 Å². The summed E-state index contributed by atoms with van der Waals surface area (Å²) < 4.78 is 25.1. The first-order valence-corrected chi connectivity index (χ1v) is 7.09. The van der Waals surface area contributed by atoms with Crippen LogP contribution in [0, 0.1) is 0 Å². The van der Waals surface area contributed by atoms with Gasteiger partial charge < -0.3 is 5.73 Å². The monoisotopic (exact) mass is 288 g/mol. The van der Waals surface area contributed by atoms with Gasteiger partial charge in [-0.3, -0.25) is 4.90 Å². The summed E-state index contributed by atoms with van der Waals surface area (Å²) in [6, 6.07) is 12.6. The molecule has 0 aromatic heterocycles. The topological polar surface area (TPSA) is 29.3 Å². The van der Waals surface area contributed by atoms with Crippen LogP contribution in [0.5, 0.6) is 0 Å². The molecule has 0 radical (unpaired) electrons. The van der Waals surface area contributed by atoms with Crippen LogP contribution in [0.4, 0.5) is 14.5 Å². The zero-order chi connectivity index (χ0) is 14.8. The molecule has 1 aliphatic rings. The molecule has 0 amide bonds. The Labute approximate surface area is 123 Å². The molecule has 0 bridgehead atoms. The molecule has 0 unspecified atom stereocenters. The molecule has 4 heteroatoms. The summed E-state index contributed by atoms with van der Waals surface area (Å²) in [4.78, 5) is 2.32. The highest BCUT2D eigenvalue weighted by Gasteiger charge is 2.18. The number of fused-ring (bicyclic) bond motifs is 1. The number of rotatable bonds is 3. The molecule has 3 rings (SSSR count). The second kappa shape index (κ2) is 5.82.